The Labute approximate surface area is 383 Å². The molecule has 1 aromatic carbocycles. The molecule has 3 heterocycles. The molecule has 1 unspecified atom stereocenters. The second kappa shape index (κ2) is 25.6. The maximum absolute atomic E-state index is 13.4. The average molecular weight is 926 g/mol. The van der Waals surface area contributed by atoms with E-state index in [9.17, 15) is 29.1 Å². The minimum atomic E-state index is -1.88. The Kier molecular flexibility index (Phi) is 20.5. The lowest BCUT2D eigenvalue weighted by Gasteiger charge is -2.31. The molecule has 2 N–H and O–H groups in total. The van der Waals surface area contributed by atoms with Gasteiger partial charge < -0.3 is 42.2 Å². The van der Waals surface area contributed by atoms with Gasteiger partial charge in [-0.1, -0.05) is 102 Å². The van der Waals surface area contributed by atoms with Crippen molar-refractivity contribution in [2.45, 2.75) is 154 Å². The van der Waals surface area contributed by atoms with Crippen LogP contribution in [-0.4, -0.2) is 79.6 Å². The van der Waals surface area contributed by atoms with Crippen LogP contribution in [0, 0.1) is 19.3 Å². The molecule has 0 aliphatic rings. The summed E-state index contributed by atoms with van der Waals surface area (Å²) in [4.78, 5) is 75.3. The number of halogens is 1. The number of imidazole rings is 1. The van der Waals surface area contributed by atoms with Crippen molar-refractivity contribution < 1.29 is 56.8 Å². The zero-order valence-corrected chi connectivity index (χ0v) is 38.5. The molecular weight excluding hydrogens is 866 g/mol. The molecule has 354 valence electrons. The minimum absolute atomic E-state index is 0.0202. The summed E-state index contributed by atoms with van der Waals surface area (Å²) < 4.78 is 38.2. The summed E-state index contributed by atoms with van der Waals surface area (Å²) in [6, 6.07) is 6.15. The predicted molar refractivity (Wildman–Crippen MR) is 238 cm³/mol. The number of aromatic nitrogens is 4. The minimum Gasteiger partial charge on any atom is -0.458 e. The lowest BCUT2D eigenvalue weighted by atomic mass is 9.98. The number of nitrogens with zero attached hydrogens (tertiary/aromatic N) is 4. The fraction of sp³-hybridized carbons (Fsp3) is 0.565. The van der Waals surface area contributed by atoms with E-state index in [0.717, 1.165) is 19.3 Å². The van der Waals surface area contributed by atoms with Crippen LogP contribution in [-0.2, 0) is 41.7 Å². The number of amides is 1. The van der Waals surface area contributed by atoms with Gasteiger partial charge in [-0.2, -0.15) is 9.97 Å². The number of fused-ring (bicyclic) bond motifs is 1. The Bertz CT molecular complexity index is 2300. The molecule has 0 bridgehead atoms. The number of carbonyl (C=O) groups excluding carboxylic acids is 4. The Hall–Kier alpha value is -5.77. The average Bonchev–Trinajstić information content (AvgIpc) is 3.81. The van der Waals surface area contributed by atoms with Gasteiger partial charge in [0.2, 0.25) is 5.28 Å². The number of carbonyl (C=O) groups is 4. The number of esters is 3. The predicted octanol–water partition coefficient (Wildman–Crippen LogP) is 8.42. The number of benzene rings is 1. The second-order valence-corrected chi connectivity index (χ2v) is 16.6. The summed E-state index contributed by atoms with van der Waals surface area (Å²) in [6.45, 7) is 5.36. The third kappa shape index (κ3) is 16.3. The highest BCUT2D eigenvalue weighted by atomic mass is 35.5. The van der Waals surface area contributed by atoms with Crippen LogP contribution < -0.4 is 15.9 Å². The van der Waals surface area contributed by atoms with E-state index in [1.54, 1.807) is 12.1 Å². The zero-order chi connectivity index (χ0) is 47.4. The topological polar surface area (TPSA) is 234 Å². The summed E-state index contributed by atoms with van der Waals surface area (Å²) in [5.74, 6) is -0.575. The molecule has 0 aliphatic carbocycles. The Morgan fingerprint density at radius 1 is 0.938 bits per heavy atom. The summed E-state index contributed by atoms with van der Waals surface area (Å²) in [7, 11) is 1.24. The molecule has 0 saturated carbocycles. The second-order valence-electron chi connectivity index (χ2n) is 16.2. The molecule has 65 heavy (non-hydrogen) atoms. The maximum atomic E-state index is 13.4. The van der Waals surface area contributed by atoms with Crippen LogP contribution in [0.25, 0.3) is 11.2 Å². The molecule has 0 radical (unpaired) electrons. The molecule has 0 saturated heterocycles. The number of aliphatic hydroxyl groups is 1. The SMILES string of the molecule is C#CC(COC(=O)c1ccccc1OC(=O)CCCCCCCCCCCCCCC)(OC)[C@@H](O)Cn1cnc2c(NC(=O)OC(C)(C)CC(=O)OCc3oc(=O)oc3C)nc(Cl)nc21. The van der Waals surface area contributed by atoms with Gasteiger partial charge >= 0.3 is 29.8 Å². The van der Waals surface area contributed by atoms with Gasteiger partial charge in [-0.15, -0.1) is 6.42 Å². The molecular formula is C46H60ClN5O13. The van der Waals surface area contributed by atoms with Crippen LogP contribution in [0.2, 0.25) is 5.28 Å². The number of nitrogens with one attached hydrogen (secondary N) is 1. The van der Waals surface area contributed by atoms with Gasteiger partial charge in [-0.05, 0) is 50.9 Å². The first-order valence-corrected chi connectivity index (χ1v) is 22.3. The number of terminal acetylenes is 1. The van der Waals surface area contributed by atoms with Gasteiger partial charge in [0, 0.05) is 13.5 Å². The molecule has 19 heteroatoms. The van der Waals surface area contributed by atoms with Crippen molar-refractivity contribution >= 4 is 52.6 Å². The number of methoxy groups -OCH3 is 1. The number of para-hydroxylation sites is 1. The van der Waals surface area contributed by atoms with Crippen LogP contribution in [0.15, 0.2) is 44.2 Å². The van der Waals surface area contributed by atoms with Crippen molar-refractivity contribution in [3.63, 3.8) is 0 Å². The van der Waals surface area contributed by atoms with Crippen molar-refractivity contribution in [2.75, 3.05) is 19.0 Å². The number of hydrogen-bond acceptors (Lipinski definition) is 16. The van der Waals surface area contributed by atoms with E-state index in [1.807, 2.05) is 0 Å². The van der Waals surface area contributed by atoms with Crippen molar-refractivity contribution in [1.29, 1.82) is 0 Å². The maximum Gasteiger partial charge on any atom is 0.519 e. The van der Waals surface area contributed by atoms with Gasteiger partial charge in [0.15, 0.2) is 40.7 Å². The van der Waals surface area contributed by atoms with Crippen LogP contribution in [0.3, 0.4) is 0 Å². The number of anilines is 1. The van der Waals surface area contributed by atoms with E-state index in [2.05, 4.69) is 33.1 Å². The molecule has 18 nitrogen and oxygen atoms in total. The third-order valence-corrected chi connectivity index (χ3v) is 10.7. The first-order chi connectivity index (χ1) is 31.1. The smallest absolute Gasteiger partial charge is 0.458 e. The molecule has 0 aliphatic heterocycles. The number of ether oxygens (including phenoxy) is 5. The number of aliphatic hydroxyl groups excluding tert-OH is 1. The van der Waals surface area contributed by atoms with E-state index in [-0.39, 0.29) is 71.1 Å². The molecule has 3 aromatic heterocycles. The van der Waals surface area contributed by atoms with Crippen molar-refractivity contribution in [2.24, 2.45) is 0 Å². The number of unbranched alkanes of at least 4 members (excludes halogenated alkanes) is 12. The molecule has 0 spiro atoms. The number of rotatable bonds is 28. The molecule has 1 amide bonds. The fourth-order valence-electron chi connectivity index (χ4n) is 6.86. The quantitative estimate of drug-likeness (QED) is 0.0136. The standard InChI is InChI=1S/C46H60ClN5O13/c1-7-9-10-11-12-13-14-15-16-17-18-19-20-25-36(54)63-33-24-22-21-23-32(33)41(56)61-29-46(8-2,59-6)35(53)27-52-30-48-38-39(49-42(47)51-40(38)52)50-43(57)65-45(4,5)26-37(55)60-28-34-31(3)62-44(58)64-34/h2,21-24,30,35,53H,7,9-20,25-29H2,1,3-6H3,(H,49,50,51,57)/t35-,46?/m0/s1. The summed E-state index contributed by atoms with van der Waals surface area (Å²) in [5.41, 5.74) is -3.17. The van der Waals surface area contributed by atoms with Crippen LogP contribution >= 0.6 is 11.6 Å². The molecule has 2 atom stereocenters. The Morgan fingerprint density at radius 3 is 2.20 bits per heavy atom. The molecule has 4 aromatic rings. The normalized spacial score (nSPS) is 12.8. The highest BCUT2D eigenvalue weighted by Crippen LogP contribution is 2.27. The van der Waals surface area contributed by atoms with Gasteiger partial charge in [0.25, 0.3) is 0 Å². The first-order valence-electron chi connectivity index (χ1n) is 21.9. The first kappa shape index (κ1) is 51.9. The van der Waals surface area contributed by atoms with Gasteiger partial charge in [0.1, 0.15) is 29.6 Å². The van der Waals surface area contributed by atoms with Gasteiger partial charge in [0.05, 0.1) is 19.3 Å². The van der Waals surface area contributed by atoms with Crippen LogP contribution in [0.1, 0.15) is 139 Å². The largest absolute Gasteiger partial charge is 0.519 e. The summed E-state index contributed by atoms with van der Waals surface area (Å²) in [5, 5.41) is 13.6. The monoisotopic (exact) mass is 925 g/mol. The number of aryl methyl sites for hydroxylation is 1. The van der Waals surface area contributed by atoms with E-state index in [1.165, 1.54) is 109 Å². The van der Waals surface area contributed by atoms with E-state index >= 15 is 0 Å². The fourth-order valence-corrected chi connectivity index (χ4v) is 7.02. The highest BCUT2D eigenvalue weighted by Gasteiger charge is 2.39. The van der Waals surface area contributed by atoms with Crippen molar-refractivity contribution in [1.82, 2.24) is 19.5 Å². The highest BCUT2D eigenvalue weighted by molar-refractivity contribution is 6.28. The Balaban J connectivity index is 1.28. The molecule has 4 rings (SSSR count). The van der Waals surface area contributed by atoms with Gasteiger partial charge in [-0.3, -0.25) is 14.9 Å². The zero-order valence-electron chi connectivity index (χ0n) is 37.8. The van der Waals surface area contributed by atoms with E-state index in [0.29, 0.717) is 6.42 Å². The van der Waals surface area contributed by atoms with E-state index in [4.69, 9.17) is 50.5 Å². The number of hydrogen-bond donors (Lipinski definition) is 2. The van der Waals surface area contributed by atoms with Crippen molar-refractivity contribution in [3.8, 4) is 18.1 Å². The van der Waals surface area contributed by atoms with Crippen LogP contribution in [0.5, 0.6) is 5.75 Å². The molecule has 0 fully saturated rings. The van der Waals surface area contributed by atoms with Gasteiger partial charge in [-0.25, -0.2) is 19.4 Å². The summed E-state index contributed by atoms with van der Waals surface area (Å²) in [6.07, 6.45) is 19.8. The van der Waals surface area contributed by atoms with Crippen LogP contribution in [0.4, 0.5) is 10.6 Å². The Morgan fingerprint density at radius 2 is 1.58 bits per heavy atom. The van der Waals surface area contributed by atoms with Crippen molar-refractivity contribution in [3.05, 3.63) is 63.6 Å². The lowest BCUT2D eigenvalue weighted by Crippen LogP contribution is -2.49. The summed E-state index contributed by atoms with van der Waals surface area (Å²) >= 11 is 6.22. The van der Waals surface area contributed by atoms with E-state index < -0.39 is 53.7 Å². The lowest BCUT2D eigenvalue weighted by molar-refractivity contribution is -0.149. The third-order valence-electron chi connectivity index (χ3n) is 10.5.